The highest BCUT2D eigenvalue weighted by molar-refractivity contribution is 5.97. The smallest absolute Gasteiger partial charge is 0.398 e. The van der Waals surface area contributed by atoms with E-state index in [2.05, 4.69) is 20.4 Å². The second-order valence-corrected chi connectivity index (χ2v) is 8.28. The van der Waals surface area contributed by atoms with E-state index >= 15 is 0 Å². The first-order valence-corrected chi connectivity index (χ1v) is 11.5. The van der Waals surface area contributed by atoms with Crippen LogP contribution in [-0.4, -0.2) is 45.4 Å². The molecule has 0 bridgehead atoms. The zero-order valence-corrected chi connectivity index (χ0v) is 20.6. The molecular weight excluding hydrogens is 508 g/mol. The predicted octanol–water partition coefficient (Wildman–Crippen LogP) is 4.52. The van der Waals surface area contributed by atoms with Crippen LogP contribution in [0.1, 0.15) is 41.5 Å². The molecule has 13 heteroatoms. The Bertz CT molecular complexity index is 1490. The summed E-state index contributed by atoms with van der Waals surface area (Å²) in [7, 11) is 1.37. The molecule has 200 valence electrons. The first-order chi connectivity index (χ1) is 18.0. The Morgan fingerprint density at radius 3 is 2.63 bits per heavy atom. The SMILES string of the molecule is CCOc1cc(CNC(=O)c2cc(F)ccc2OC)ccc1-c1nc(C(C)C(F)(F)F)n2ncnc(N)c12. The molecule has 1 atom stereocenters. The van der Waals surface area contributed by atoms with Crippen molar-refractivity contribution in [1.29, 1.82) is 0 Å². The van der Waals surface area contributed by atoms with Crippen LogP contribution in [0.4, 0.5) is 23.4 Å². The first-order valence-electron chi connectivity index (χ1n) is 11.5. The third-order valence-electron chi connectivity index (χ3n) is 5.82. The van der Waals surface area contributed by atoms with Crippen LogP contribution in [0.15, 0.2) is 42.7 Å². The molecule has 0 fully saturated rings. The molecule has 1 unspecified atom stereocenters. The van der Waals surface area contributed by atoms with Gasteiger partial charge in [0.05, 0.1) is 19.3 Å². The number of methoxy groups -OCH3 is 1. The van der Waals surface area contributed by atoms with Crippen molar-refractivity contribution in [2.24, 2.45) is 0 Å². The Kier molecular flexibility index (Phi) is 7.37. The molecule has 3 N–H and O–H groups in total. The van der Waals surface area contributed by atoms with Crippen molar-refractivity contribution in [3.63, 3.8) is 0 Å². The van der Waals surface area contributed by atoms with Gasteiger partial charge >= 0.3 is 6.18 Å². The molecule has 1 amide bonds. The molecule has 38 heavy (non-hydrogen) atoms. The van der Waals surface area contributed by atoms with Crippen LogP contribution in [0.3, 0.4) is 0 Å². The van der Waals surface area contributed by atoms with Gasteiger partial charge < -0.3 is 20.5 Å². The van der Waals surface area contributed by atoms with E-state index in [9.17, 15) is 22.4 Å². The van der Waals surface area contributed by atoms with E-state index in [1.807, 2.05) is 0 Å². The van der Waals surface area contributed by atoms with Crippen molar-refractivity contribution >= 4 is 17.2 Å². The van der Waals surface area contributed by atoms with Crippen LogP contribution in [0.2, 0.25) is 0 Å². The Balaban J connectivity index is 1.71. The quantitative estimate of drug-likeness (QED) is 0.321. The van der Waals surface area contributed by atoms with Gasteiger partial charge in [-0.3, -0.25) is 4.79 Å². The van der Waals surface area contributed by atoms with E-state index in [-0.39, 0.29) is 47.3 Å². The average molecular weight is 532 g/mol. The number of aromatic nitrogens is 4. The van der Waals surface area contributed by atoms with Gasteiger partial charge in [0.1, 0.15) is 46.6 Å². The molecule has 0 aliphatic rings. The number of halogens is 4. The molecule has 0 saturated carbocycles. The molecule has 0 radical (unpaired) electrons. The van der Waals surface area contributed by atoms with Gasteiger partial charge in [-0.15, -0.1) is 0 Å². The maximum Gasteiger partial charge on any atom is 0.398 e. The topological polar surface area (TPSA) is 117 Å². The largest absolute Gasteiger partial charge is 0.496 e. The monoisotopic (exact) mass is 532 g/mol. The number of nitrogens with one attached hydrogen (secondary N) is 1. The second-order valence-electron chi connectivity index (χ2n) is 8.28. The minimum Gasteiger partial charge on any atom is -0.496 e. The Labute approximate surface area is 214 Å². The van der Waals surface area contributed by atoms with Crippen molar-refractivity contribution in [2.75, 3.05) is 19.5 Å². The zero-order valence-electron chi connectivity index (χ0n) is 20.6. The number of anilines is 1. The van der Waals surface area contributed by atoms with E-state index in [1.54, 1.807) is 25.1 Å². The number of carbonyl (C=O) groups is 1. The maximum absolute atomic E-state index is 13.7. The van der Waals surface area contributed by atoms with Crippen LogP contribution in [0, 0.1) is 5.82 Å². The number of hydrogen-bond acceptors (Lipinski definition) is 7. The number of amides is 1. The minimum atomic E-state index is -4.56. The zero-order chi connectivity index (χ0) is 27.6. The number of rotatable bonds is 8. The van der Waals surface area contributed by atoms with Gasteiger partial charge in [-0.05, 0) is 49.7 Å². The molecule has 4 aromatic rings. The molecule has 0 spiro atoms. The average Bonchev–Trinajstić information content (AvgIpc) is 3.27. The summed E-state index contributed by atoms with van der Waals surface area (Å²) in [6.07, 6.45) is -3.50. The standard InChI is InChI=1S/C25H24F4N6O3/c1-4-38-19-9-14(11-31-24(36)17-10-15(26)6-8-18(17)37-3)5-7-16(19)20-21-22(30)32-12-33-35(21)23(34-20)13(2)25(27,28)29/h5-10,12-13H,4,11H2,1-3H3,(H,31,36)(H2,30,32,33). The van der Waals surface area contributed by atoms with E-state index < -0.39 is 23.8 Å². The summed E-state index contributed by atoms with van der Waals surface area (Å²) >= 11 is 0. The number of nitrogen functional groups attached to an aromatic ring is 1. The summed E-state index contributed by atoms with van der Waals surface area (Å²) in [5.41, 5.74) is 7.26. The van der Waals surface area contributed by atoms with E-state index in [4.69, 9.17) is 15.2 Å². The number of nitrogens with zero attached hydrogens (tertiary/aromatic N) is 4. The van der Waals surface area contributed by atoms with Crippen LogP contribution < -0.4 is 20.5 Å². The summed E-state index contributed by atoms with van der Waals surface area (Å²) in [5.74, 6) is -2.96. The lowest BCUT2D eigenvalue weighted by Gasteiger charge is -2.13. The van der Waals surface area contributed by atoms with E-state index in [1.165, 1.54) is 19.2 Å². The molecule has 2 heterocycles. The van der Waals surface area contributed by atoms with Crippen molar-refractivity contribution < 1.29 is 31.8 Å². The molecular formula is C25H24F4N6O3. The number of imidazole rings is 1. The lowest BCUT2D eigenvalue weighted by molar-refractivity contribution is -0.148. The minimum absolute atomic E-state index is 0.0282. The van der Waals surface area contributed by atoms with Crippen LogP contribution in [-0.2, 0) is 6.54 Å². The highest BCUT2D eigenvalue weighted by Gasteiger charge is 2.41. The molecule has 0 aliphatic heterocycles. The van der Waals surface area contributed by atoms with Gasteiger partial charge in [-0.2, -0.15) is 18.3 Å². The third kappa shape index (κ3) is 5.17. The number of ether oxygens (including phenoxy) is 2. The first kappa shape index (κ1) is 26.6. The number of hydrogen-bond donors (Lipinski definition) is 2. The molecule has 2 aromatic carbocycles. The molecule has 0 saturated heterocycles. The summed E-state index contributed by atoms with van der Waals surface area (Å²) in [4.78, 5) is 20.8. The van der Waals surface area contributed by atoms with Crippen molar-refractivity contribution in [2.45, 2.75) is 32.5 Å². The van der Waals surface area contributed by atoms with Gasteiger partial charge in [-0.1, -0.05) is 6.07 Å². The van der Waals surface area contributed by atoms with Gasteiger partial charge in [-0.25, -0.2) is 18.9 Å². The Hall–Kier alpha value is -4.42. The lowest BCUT2D eigenvalue weighted by atomic mass is 10.1. The highest BCUT2D eigenvalue weighted by atomic mass is 19.4. The lowest BCUT2D eigenvalue weighted by Crippen LogP contribution is -2.23. The van der Waals surface area contributed by atoms with E-state index in [0.717, 1.165) is 23.8 Å². The number of alkyl halides is 3. The normalized spacial score (nSPS) is 12.4. The van der Waals surface area contributed by atoms with Gasteiger partial charge in [0.2, 0.25) is 0 Å². The van der Waals surface area contributed by atoms with Gasteiger partial charge in [0.25, 0.3) is 5.91 Å². The van der Waals surface area contributed by atoms with Crippen molar-refractivity contribution in [3.8, 4) is 22.8 Å². The fourth-order valence-electron chi connectivity index (χ4n) is 3.87. The third-order valence-corrected chi connectivity index (χ3v) is 5.82. The molecule has 2 aromatic heterocycles. The fourth-order valence-corrected chi connectivity index (χ4v) is 3.87. The van der Waals surface area contributed by atoms with E-state index in [0.29, 0.717) is 16.9 Å². The number of nitrogens with two attached hydrogens (primary N) is 1. The van der Waals surface area contributed by atoms with Crippen molar-refractivity contribution in [3.05, 3.63) is 65.5 Å². The molecule has 0 aliphatic carbocycles. The Morgan fingerprint density at radius 1 is 1.18 bits per heavy atom. The number of fused-ring (bicyclic) bond motifs is 1. The van der Waals surface area contributed by atoms with Crippen LogP contribution in [0.25, 0.3) is 16.8 Å². The van der Waals surface area contributed by atoms with Gasteiger partial charge in [0, 0.05) is 12.1 Å². The fraction of sp³-hybridized carbons (Fsp3) is 0.280. The van der Waals surface area contributed by atoms with Crippen molar-refractivity contribution in [1.82, 2.24) is 24.9 Å². The van der Waals surface area contributed by atoms with Crippen LogP contribution in [0.5, 0.6) is 11.5 Å². The van der Waals surface area contributed by atoms with Gasteiger partial charge in [0.15, 0.2) is 5.82 Å². The summed E-state index contributed by atoms with van der Waals surface area (Å²) < 4.78 is 66.3. The molecule has 9 nitrogen and oxygen atoms in total. The second kappa shape index (κ2) is 10.5. The summed E-state index contributed by atoms with van der Waals surface area (Å²) in [6, 6.07) is 8.48. The Morgan fingerprint density at radius 2 is 1.95 bits per heavy atom. The highest BCUT2D eigenvalue weighted by Crippen LogP contribution is 2.39. The number of carbonyl (C=O) groups excluding carboxylic acids is 1. The number of benzene rings is 2. The predicted molar refractivity (Wildman–Crippen MR) is 130 cm³/mol. The molecule has 4 rings (SSSR count). The maximum atomic E-state index is 13.7. The summed E-state index contributed by atoms with van der Waals surface area (Å²) in [6.45, 7) is 3.02. The van der Waals surface area contributed by atoms with Crippen LogP contribution >= 0.6 is 0 Å². The summed E-state index contributed by atoms with van der Waals surface area (Å²) in [5, 5.41) is 6.65.